The summed E-state index contributed by atoms with van der Waals surface area (Å²) >= 11 is 0. The van der Waals surface area contributed by atoms with Gasteiger partial charge in [0.2, 0.25) is 0 Å². The average Bonchev–Trinajstić information content (AvgIpc) is 2.66. The van der Waals surface area contributed by atoms with Gasteiger partial charge < -0.3 is 14.7 Å². The van der Waals surface area contributed by atoms with Crippen LogP contribution in [0.25, 0.3) is 0 Å². The number of hydrogen-bond acceptors (Lipinski definition) is 5. The molecular weight excluding hydrogens is 264 g/mol. The predicted octanol–water partition coefficient (Wildman–Crippen LogP) is 1.43. The van der Waals surface area contributed by atoms with Crippen LogP contribution in [-0.2, 0) is 16.1 Å². The van der Waals surface area contributed by atoms with E-state index in [4.69, 9.17) is 14.7 Å². The molecule has 0 saturated heterocycles. The summed E-state index contributed by atoms with van der Waals surface area (Å²) in [6.07, 6.45) is 0.583. The lowest BCUT2D eigenvalue weighted by Crippen LogP contribution is -2.28. The molecule has 7 heteroatoms. The van der Waals surface area contributed by atoms with Crippen LogP contribution in [0.1, 0.15) is 36.3 Å². The lowest BCUT2D eigenvalue weighted by Gasteiger charge is -2.21. The van der Waals surface area contributed by atoms with Crippen LogP contribution in [0.15, 0.2) is 4.52 Å². The standard InChI is InChI=1S/C13H20N2O5/c1-9-11(10(2)20-14-9)8-15(7-5-13(18)19)6-3-4-12(16)17/h3-8H2,1-2H3,(H,16,17)(H,18,19). The van der Waals surface area contributed by atoms with E-state index in [9.17, 15) is 9.59 Å². The second-order valence-corrected chi connectivity index (χ2v) is 4.72. The number of hydrogen-bond donors (Lipinski definition) is 2. The van der Waals surface area contributed by atoms with E-state index in [1.165, 1.54) is 0 Å². The summed E-state index contributed by atoms with van der Waals surface area (Å²) in [6, 6.07) is 0. The first-order chi connectivity index (χ1) is 9.40. The fraction of sp³-hybridized carbons (Fsp3) is 0.615. The van der Waals surface area contributed by atoms with Gasteiger partial charge >= 0.3 is 11.9 Å². The molecule has 0 radical (unpaired) electrons. The SMILES string of the molecule is Cc1noc(C)c1CN(CCCC(=O)O)CCC(=O)O. The normalized spacial score (nSPS) is 10.9. The Morgan fingerprint density at radius 1 is 1.15 bits per heavy atom. The second kappa shape index (κ2) is 7.64. The number of carbonyl (C=O) groups is 2. The molecule has 0 aliphatic heterocycles. The molecule has 0 bridgehead atoms. The molecule has 20 heavy (non-hydrogen) atoms. The Morgan fingerprint density at radius 2 is 1.80 bits per heavy atom. The summed E-state index contributed by atoms with van der Waals surface area (Å²) in [7, 11) is 0. The van der Waals surface area contributed by atoms with Gasteiger partial charge in [-0.25, -0.2) is 0 Å². The minimum absolute atomic E-state index is 0.0243. The minimum atomic E-state index is -0.869. The Labute approximate surface area is 117 Å². The van der Waals surface area contributed by atoms with Crippen molar-refractivity contribution in [3.8, 4) is 0 Å². The maximum atomic E-state index is 10.7. The molecule has 1 rings (SSSR count). The van der Waals surface area contributed by atoms with Crippen molar-refractivity contribution in [1.29, 1.82) is 0 Å². The van der Waals surface area contributed by atoms with E-state index < -0.39 is 11.9 Å². The van der Waals surface area contributed by atoms with Crippen LogP contribution < -0.4 is 0 Å². The average molecular weight is 284 g/mol. The van der Waals surface area contributed by atoms with Crippen molar-refractivity contribution in [2.75, 3.05) is 13.1 Å². The summed E-state index contributed by atoms with van der Waals surface area (Å²) in [6.45, 7) is 5.07. The van der Waals surface area contributed by atoms with Gasteiger partial charge in [-0.05, 0) is 26.8 Å². The van der Waals surface area contributed by atoms with Crippen LogP contribution >= 0.6 is 0 Å². The number of aliphatic carboxylic acids is 2. The smallest absolute Gasteiger partial charge is 0.304 e. The molecule has 0 saturated carbocycles. The number of carboxylic acid groups (broad SMARTS) is 2. The third-order valence-electron chi connectivity index (χ3n) is 3.07. The number of aromatic nitrogens is 1. The Bertz CT molecular complexity index is 450. The maximum Gasteiger partial charge on any atom is 0.304 e. The number of rotatable bonds is 9. The van der Waals surface area contributed by atoms with Crippen LogP contribution in [0, 0.1) is 13.8 Å². The van der Waals surface area contributed by atoms with Crippen molar-refractivity contribution < 1.29 is 24.3 Å². The van der Waals surface area contributed by atoms with Crippen LogP contribution in [0.2, 0.25) is 0 Å². The van der Waals surface area contributed by atoms with Gasteiger partial charge in [0.1, 0.15) is 5.76 Å². The van der Waals surface area contributed by atoms with Crippen molar-refractivity contribution >= 4 is 11.9 Å². The first-order valence-corrected chi connectivity index (χ1v) is 6.48. The van der Waals surface area contributed by atoms with Crippen molar-refractivity contribution in [1.82, 2.24) is 10.1 Å². The number of nitrogens with zero attached hydrogens (tertiary/aromatic N) is 2. The fourth-order valence-electron chi connectivity index (χ4n) is 1.93. The van der Waals surface area contributed by atoms with Crippen LogP contribution in [-0.4, -0.2) is 45.3 Å². The molecule has 1 aromatic rings. The summed E-state index contributed by atoms with van der Waals surface area (Å²) in [5, 5.41) is 21.3. The molecule has 0 fully saturated rings. The lowest BCUT2D eigenvalue weighted by atomic mass is 10.1. The van der Waals surface area contributed by atoms with Crippen molar-refractivity contribution in [3.05, 3.63) is 17.0 Å². The summed E-state index contributed by atoms with van der Waals surface area (Å²) in [5.41, 5.74) is 1.71. The zero-order valence-corrected chi connectivity index (χ0v) is 11.8. The van der Waals surface area contributed by atoms with Gasteiger partial charge in [0.15, 0.2) is 0 Å². The maximum absolute atomic E-state index is 10.7. The highest BCUT2D eigenvalue weighted by Gasteiger charge is 2.15. The third kappa shape index (κ3) is 5.40. The molecule has 0 amide bonds. The van der Waals surface area contributed by atoms with Crippen molar-refractivity contribution in [2.45, 2.75) is 39.7 Å². The van der Waals surface area contributed by atoms with E-state index in [0.29, 0.717) is 31.8 Å². The van der Waals surface area contributed by atoms with E-state index >= 15 is 0 Å². The van der Waals surface area contributed by atoms with Crippen LogP contribution in [0.4, 0.5) is 0 Å². The molecule has 7 nitrogen and oxygen atoms in total. The van der Waals surface area contributed by atoms with Gasteiger partial charge in [-0.15, -0.1) is 0 Å². The first kappa shape index (κ1) is 16.2. The topological polar surface area (TPSA) is 104 Å². The van der Waals surface area contributed by atoms with Crippen molar-refractivity contribution in [2.24, 2.45) is 0 Å². The van der Waals surface area contributed by atoms with Gasteiger partial charge in [-0.2, -0.15) is 0 Å². The molecule has 112 valence electrons. The second-order valence-electron chi connectivity index (χ2n) is 4.72. The predicted molar refractivity (Wildman–Crippen MR) is 70.4 cm³/mol. The Morgan fingerprint density at radius 3 is 2.30 bits per heavy atom. The van der Waals surface area contributed by atoms with Crippen molar-refractivity contribution in [3.63, 3.8) is 0 Å². The van der Waals surface area contributed by atoms with E-state index in [1.54, 1.807) is 0 Å². The van der Waals surface area contributed by atoms with E-state index in [2.05, 4.69) is 5.16 Å². The zero-order valence-electron chi connectivity index (χ0n) is 11.8. The van der Waals surface area contributed by atoms with Gasteiger partial charge in [0, 0.05) is 25.1 Å². The van der Waals surface area contributed by atoms with Gasteiger partial charge in [0.25, 0.3) is 0 Å². The molecular formula is C13H20N2O5. The Balaban J connectivity index is 2.61. The molecule has 0 unspecified atom stereocenters. The molecule has 1 heterocycles. The molecule has 0 aliphatic rings. The summed E-state index contributed by atoms with van der Waals surface area (Å²) in [5.74, 6) is -1.01. The van der Waals surface area contributed by atoms with Gasteiger partial charge in [0.05, 0.1) is 12.1 Å². The van der Waals surface area contributed by atoms with Gasteiger partial charge in [-0.3, -0.25) is 14.5 Å². The molecule has 0 atom stereocenters. The third-order valence-corrected chi connectivity index (χ3v) is 3.07. The number of carboxylic acids is 2. The monoisotopic (exact) mass is 284 g/mol. The lowest BCUT2D eigenvalue weighted by molar-refractivity contribution is -0.138. The highest BCUT2D eigenvalue weighted by atomic mass is 16.5. The summed E-state index contributed by atoms with van der Waals surface area (Å²) < 4.78 is 5.08. The van der Waals surface area contributed by atoms with Crippen LogP contribution in [0.5, 0.6) is 0 Å². The number of aryl methyl sites for hydroxylation is 2. The quantitative estimate of drug-likeness (QED) is 0.706. The Kier molecular flexibility index (Phi) is 6.17. The van der Waals surface area contributed by atoms with Gasteiger partial charge in [-0.1, -0.05) is 5.16 Å². The van der Waals surface area contributed by atoms with E-state index in [0.717, 1.165) is 11.3 Å². The first-order valence-electron chi connectivity index (χ1n) is 6.48. The molecule has 0 aromatic carbocycles. The summed E-state index contributed by atoms with van der Waals surface area (Å²) in [4.78, 5) is 23.1. The minimum Gasteiger partial charge on any atom is -0.481 e. The zero-order chi connectivity index (χ0) is 15.1. The molecule has 0 spiro atoms. The molecule has 0 aliphatic carbocycles. The highest BCUT2D eigenvalue weighted by Crippen LogP contribution is 2.15. The largest absolute Gasteiger partial charge is 0.481 e. The molecule has 2 N–H and O–H groups in total. The van der Waals surface area contributed by atoms with E-state index in [-0.39, 0.29) is 12.8 Å². The molecule has 1 aromatic heterocycles. The van der Waals surface area contributed by atoms with E-state index in [1.807, 2.05) is 18.7 Å². The Hall–Kier alpha value is -1.89. The fourth-order valence-corrected chi connectivity index (χ4v) is 1.93. The highest BCUT2D eigenvalue weighted by molar-refractivity contribution is 5.67. The van der Waals surface area contributed by atoms with Crippen LogP contribution in [0.3, 0.4) is 0 Å².